The second kappa shape index (κ2) is 8.70. The minimum absolute atomic E-state index is 0.129. The Morgan fingerprint density at radius 1 is 1.12 bits per heavy atom. The van der Waals surface area contributed by atoms with E-state index in [0.29, 0.717) is 19.6 Å². The average Bonchev–Trinajstić information content (AvgIpc) is 3.44. The number of rotatable bonds is 4. The van der Waals surface area contributed by atoms with Crippen molar-refractivity contribution in [3.8, 4) is 11.3 Å². The SMILES string of the molecule is CCc1nc(-c2ccc(NC(=O)N3CCC4(CC3)CN(S(C)(=O)=O)c3ccccc34)cc2)cs1. The van der Waals surface area contributed by atoms with Gasteiger partial charge in [-0.1, -0.05) is 37.3 Å². The zero-order valence-electron chi connectivity index (χ0n) is 19.3. The number of carbonyl (C=O) groups is 1. The molecule has 2 aromatic carbocycles. The Bertz CT molecular complexity index is 1310. The Labute approximate surface area is 204 Å². The highest BCUT2D eigenvalue weighted by Crippen LogP contribution is 2.47. The summed E-state index contributed by atoms with van der Waals surface area (Å²) in [6, 6.07) is 15.4. The Morgan fingerprint density at radius 2 is 1.82 bits per heavy atom. The minimum atomic E-state index is -3.35. The minimum Gasteiger partial charge on any atom is -0.324 e. The van der Waals surface area contributed by atoms with Crippen LogP contribution in [0.2, 0.25) is 0 Å². The number of aryl methyl sites for hydroxylation is 1. The van der Waals surface area contributed by atoms with Crippen LogP contribution in [0.25, 0.3) is 11.3 Å². The maximum atomic E-state index is 12.9. The van der Waals surface area contributed by atoms with Crippen LogP contribution in [0.5, 0.6) is 0 Å². The molecule has 1 spiro atoms. The van der Waals surface area contributed by atoms with E-state index < -0.39 is 10.0 Å². The van der Waals surface area contributed by atoms with Crippen LogP contribution in [0.15, 0.2) is 53.9 Å². The van der Waals surface area contributed by atoms with Gasteiger partial charge in [0.05, 0.1) is 22.6 Å². The molecule has 2 aliphatic rings. The maximum Gasteiger partial charge on any atom is 0.321 e. The number of nitrogens with zero attached hydrogens (tertiary/aromatic N) is 3. The van der Waals surface area contributed by atoms with Gasteiger partial charge in [-0.25, -0.2) is 18.2 Å². The van der Waals surface area contributed by atoms with Crippen LogP contribution < -0.4 is 9.62 Å². The molecule has 3 heterocycles. The molecule has 2 amide bonds. The molecular weight excluding hydrogens is 468 g/mol. The molecule has 0 unspecified atom stereocenters. The summed E-state index contributed by atoms with van der Waals surface area (Å²) in [5.41, 5.74) is 4.33. The molecule has 0 atom stereocenters. The van der Waals surface area contributed by atoms with Crippen molar-refractivity contribution >= 4 is 38.8 Å². The molecule has 0 radical (unpaired) electrons. The molecule has 5 rings (SSSR count). The Kier molecular flexibility index (Phi) is 5.85. The van der Waals surface area contributed by atoms with Crippen LogP contribution in [0.3, 0.4) is 0 Å². The van der Waals surface area contributed by atoms with E-state index in [0.717, 1.165) is 52.5 Å². The van der Waals surface area contributed by atoms with Gasteiger partial charge >= 0.3 is 6.03 Å². The largest absolute Gasteiger partial charge is 0.324 e. The Balaban J connectivity index is 1.24. The number of benzene rings is 2. The highest BCUT2D eigenvalue weighted by Gasteiger charge is 2.47. The van der Waals surface area contributed by atoms with Gasteiger partial charge in [-0.3, -0.25) is 4.31 Å². The lowest BCUT2D eigenvalue weighted by atomic mass is 9.74. The van der Waals surface area contributed by atoms with Crippen molar-refractivity contribution in [3.63, 3.8) is 0 Å². The molecule has 1 N–H and O–H groups in total. The third kappa shape index (κ3) is 4.18. The number of aromatic nitrogens is 1. The number of hydrogen-bond donors (Lipinski definition) is 1. The third-order valence-electron chi connectivity index (χ3n) is 6.88. The van der Waals surface area contributed by atoms with Crippen molar-refractivity contribution in [3.05, 3.63) is 64.5 Å². The van der Waals surface area contributed by atoms with E-state index in [1.54, 1.807) is 11.3 Å². The van der Waals surface area contributed by atoms with Crippen molar-refractivity contribution in [2.75, 3.05) is 35.5 Å². The van der Waals surface area contributed by atoms with Gasteiger partial charge in [0.15, 0.2) is 0 Å². The summed E-state index contributed by atoms with van der Waals surface area (Å²) in [6.45, 7) is 3.69. The first-order valence-corrected chi connectivity index (χ1v) is 14.2. The number of para-hydroxylation sites is 1. The van der Waals surface area contributed by atoms with Crippen LogP contribution >= 0.6 is 11.3 Å². The maximum absolute atomic E-state index is 12.9. The topological polar surface area (TPSA) is 82.6 Å². The number of amides is 2. The molecule has 2 aliphatic heterocycles. The van der Waals surface area contributed by atoms with Gasteiger partial charge in [-0.15, -0.1) is 11.3 Å². The number of thiazole rings is 1. The monoisotopic (exact) mass is 496 g/mol. The van der Waals surface area contributed by atoms with E-state index in [4.69, 9.17) is 0 Å². The first-order chi connectivity index (χ1) is 16.3. The number of hydrogen-bond acceptors (Lipinski definition) is 5. The fraction of sp³-hybridized carbons (Fsp3) is 0.360. The average molecular weight is 497 g/mol. The fourth-order valence-corrected chi connectivity index (χ4v) is 6.73. The highest BCUT2D eigenvalue weighted by atomic mass is 32.2. The van der Waals surface area contributed by atoms with E-state index in [-0.39, 0.29) is 11.4 Å². The van der Waals surface area contributed by atoms with Gasteiger partial charge < -0.3 is 10.2 Å². The van der Waals surface area contributed by atoms with Crippen LogP contribution in [0.4, 0.5) is 16.2 Å². The normalized spacial score (nSPS) is 17.1. The summed E-state index contributed by atoms with van der Waals surface area (Å²) in [4.78, 5) is 19.4. The summed E-state index contributed by atoms with van der Waals surface area (Å²) in [6.07, 6.45) is 3.64. The lowest BCUT2D eigenvalue weighted by Crippen LogP contribution is -2.48. The van der Waals surface area contributed by atoms with Gasteiger partial charge in [-0.2, -0.15) is 0 Å². The van der Waals surface area contributed by atoms with E-state index in [9.17, 15) is 13.2 Å². The van der Waals surface area contributed by atoms with E-state index in [2.05, 4.69) is 22.6 Å². The number of piperidine rings is 1. The molecule has 3 aromatic rings. The summed E-state index contributed by atoms with van der Waals surface area (Å²) in [5.74, 6) is 0. The summed E-state index contributed by atoms with van der Waals surface area (Å²) in [7, 11) is -3.35. The molecule has 34 heavy (non-hydrogen) atoms. The van der Waals surface area contributed by atoms with Crippen molar-refractivity contribution in [2.24, 2.45) is 0 Å². The smallest absolute Gasteiger partial charge is 0.321 e. The summed E-state index contributed by atoms with van der Waals surface area (Å²) >= 11 is 1.66. The first kappa shape index (κ1) is 22.9. The lowest BCUT2D eigenvalue weighted by molar-refractivity contribution is 0.173. The van der Waals surface area contributed by atoms with Crippen molar-refractivity contribution in [2.45, 2.75) is 31.6 Å². The zero-order valence-corrected chi connectivity index (χ0v) is 21.0. The highest BCUT2D eigenvalue weighted by molar-refractivity contribution is 7.92. The van der Waals surface area contributed by atoms with E-state index in [1.807, 2.05) is 53.4 Å². The van der Waals surface area contributed by atoms with Crippen molar-refractivity contribution < 1.29 is 13.2 Å². The van der Waals surface area contributed by atoms with Gasteiger partial charge in [0.25, 0.3) is 0 Å². The molecule has 7 nitrogen and oxygen atoms in total. The number of carbonyl (C=O) groups excluding carboxylic acids is 1. The van der Waals surface area contributed by atoms with Gasteiger partial charge in [0.1, 0.15) is 0 Å². The van der Waals surface area contributed by atoms with E-state index in [1.165, 1.54) is 10.6 Å². The first-order valence-electron chi connectivity index (χ1n) is 11.5. The van der Waals surface area contributed by atoms with Crippen LogP contribution in [0.1, 0.15) is 30.3 Å². The summed E-state index contributed by atoms with van der Waals surface area (Å²) < 4.78 is 26.3. The number of sulfonamides is 1. The Hall–Kier alpha value is -2.91. The molecule has 0 aliphatic carbocycles. The molecule has 0 bridgehead atoms. The van der Waals surface area contributed by atoms with Gasteiger partial charge in [0.2, 0.25) is 10.0 Å². The molecule has 0 saturated carbocycles. The predicted octanol–water partition coefficient (Wildman–Crippen LogP) is 4.72. The van der Waals surface area contributed by atoms with Crippen LogP contribution in [-0.4, -0.2) is 50.2 Å². The molecule has 1 saturated heterocycles. The van der Waals surface area contributed by atoms with Crippen LogP contribution in [-0.2, 0) is 21.9 Å². The fourth-order valence-electron chi connectivity index (χ4n) is 4.98. The number of urea groups is 1. The molecule has 178 valence electrons. The second-order valence-electron chi connectivity index (χ2n) is 9.04. The van der Waals surface area contributed by atoms with E-state index >= 15 is 0 Å². The number of likely N-dealkylation sites (tertiary alicyclic amines) is 1. The molecule has 1 aromatic heterocycles. The second-order valence-corrected chi connectivity index (χ2v) is 11.9. The zero-order chi connectivity index (χ0) is 23.9. The predicted molar refractivity (Wildman–Crippen MR) is 137 cm³/mol. The molecule has 9 heteroatoms. The standard InChI is InChI=1S/C25H28N4O3S2/c1-3-23-27-21(16-33-23)18-8-10-19(11-9-18)26-24(30)28-14-12-25(13-15-28)17-29(34(2,31)32)22-7-5-4-6-20(22)25/h4-11,16H,3,12-15,17H2,1-2H3,(H,26,30). The quantitative estimate of drug-likeness (QED) is 0.567. The number of fused-ring (bicyclic) bond motifs is 2. The van der Waals surface area contributed by atoms with Gasteiger partial charge in [-0.05, 0) is 43.0 Å². The Morgan fingerprint density at radius 3 is 2.47 bits per heavy atom. The molecule has 1 fully saturated rings. The number of anilines is 2. The third-order valence-corrected chi connectivity index (χ3v) is 9.00. The van der Waals surface area contributed by atoms with Crippen LogP contribution in [0, 0.1) is 0 Å². The molecular formula is C25H28N4O3S2. The summed E-state index contributed by atoms with van der Waals surface area (Å²) in [5, 5.41) is 6.17. The lowest BCUT2D eigenvalue weighted by Gasteiger charge is -2.39. The van der Waals surface area contributed by atoms with Crippen molar-refractivity contribution in [1.29, 1.82) is 0 Å². The van der Waals surface area contributed by atoms with Crippen molar-refractivity contribution in [1.82, 2.24) is 9.88 Å². The van der Waals surface area contributed by atoms with Gasteiger partial charge in [0, 0.05) is 41.7 Å². The number of nitrogens with one attached hydrogen (secondary N) is 1.